The van der Waals surface area contributed by atoms with Gasteiger partial charge in [-0.1, -0.05) is 218 Å². The van der Waals surface area contributed by atoms with Crippen molar-refractivity contribution in [3.8, 4) is 56.0 Å². The lowest BCUT2D eigenvalue weighted by molar-refractivity contribution is 0.592. The number of aromatic nitrogens is 3. The molecule has 11 aromatic rings. The number of hydrogen-bond acceptors (Lipinski definition) is 4. The third-order valence-corrected chi connectivity index (χ3v) is 14.8. The second-order valence-electron chi connectivity index (χ2n) is 15.4. The van der Waals surface area contributed by atoms with Crippen molar-refractivity contribution in [3.63, 3.8) is 0 Å². The van der Waals surface area contributed by atoms with Gasteiger partial charge >= 0.3 is 0 Å². The Morgan fingerprint density at radius 2 is 0.742 bits per heavy atom. The molecule has 0 fully saturated rings. The molecule has 0 spiro atoms. The van der Waals surface area contributed by atoms with Crippen LogP contribution in [-0.4, -0.2) is 15.0 Å². The second kappa shape index (κ2) is 15.7. The highest BCUT2D eigenvalue weighted by Crippen LogP contribution is 2.46. The first-order valence-electron chi connectivity index (χ1n) is 20.8. The fraction of sp³-hybridized carbons (Fsp3) is 0. The molecular weight excluding hydrogens is 774 g/mol. The monoisotopic (exact) mass is 811 g/mol. The SMILES string of the molecule is O=P(c1ccccc1)(c1ccccc1)c1ccc(-c2ccccc2-c2nc3ccccc3c3c(-c4ccccc4)cc4nc(-c5ccccc5)c(-c5ccccc5)nc4c23)cc1. The summed E-state index contributed by atoms with van der Waals surface area (Å²) >= 11 is 0. The molecule has 0 radical (unpaired) electrons. The highest BCUT2D eigenvalue weighted by Gasteiger charge is 2.30. The molecule has 0 saturated carbocycles. The Morgan fingerprint density at radius 3 is 1.34 bits per heavy atom. The van der Waals surface area contributed by atoms with Crippen molar-refractivity contribution in [2.45, 2.75) is 0 Å². The van der Waals surface area contributed by atoms with Crippen LogP contribution in [0.3, 0.4) is 0 Å². The third kappa shape index (κ3) is 6.41. The summed E-state index contributed by atoms with van der Waals surface area (Å²) in [4.78, 5) is 16.7. The Kier molecular flexibility index (Phi) is 9.41. The molecule has 9 aromatic carbocycles. The number of benzene rings is 9. The summed E-state index contributed by atoms with van der Waals surface area (Å²) in [5.41, 5.74) is 12.0. The predicted molar refractivity (Wildman–Crippen MR) is 259 cm³/mol. The summed E-state index contributed by atoms with van der Waals surface area (Å²) in [7, 11) is -3.16. The van der Waals surface area contributed by atoms with Crippen molar-refractivity contribution in [1.29, 1.82) is 0 Å². The average Bonchev–Trinajstić information content (AvgIpc) is 3.36. The molecule has 0 atom stereocenters. The van der Waals surface area contributed by atoms with Gasteiger partial charge in [-0.05, 0) is 34.4 Å². The predicted octanol–water partition coefficient (Wildman–Crippen LogP) is 13.3. The Bertz CT molecular complexity index is 3410. The van der Waals surface area contributed by atoms with E-state index in [9.17, 15) is 0 Å². The summed E-state index contributed by atoms with van der Waals surface area (Å²) in [6.07, 6.45) is 0. The van der Waals surface area contributed by atoms with Crippen LogP contribution >= 0.6 is 7.14 Å². The van der Waals surface area contributed by atoms with Crippen molar-refractivity contribution in [3.05, 3.63) is 231 Å². The van der Waals surface area contributed by atoms with Crippen LogP contribution in [0.15, 0.2) is 231 Å². The van der Waals surface area contributed by atoms with E-state index in [4.69, 9.17) is 15.0 Å². The number of fused-ring (bicyclic) bond motifs is 5. The van der Waals surface area contributed by atoms with Gasteiger partial charge in [-0.15, -0.1) is 0 Å². The van der Waals surface area contributed by atoms with Crippen LogP contribution in [-0.2, 0) is 4.57 Å². The molecule has 0 saturated heterocycles. The van der Waals surface area contributed by atoms with E-state index >= 15 is 4.57 Å². The zero-order chi connectivity index (χ0) is 41.5. The molecule has 11 rings (SSSR count). The van der Waals surface area contributed by atoms with Crippen molar-refractivity contribution in [2.24, 2.45) is 0 Å². The van der Waals surface area contributed by atoms with Gasteiger partial charge in [0.2, 0.25) is 0 Å². The summed E-state index contributed by atoms with van der Waals surface area (Å²) in [5, 5.41) is 5.44. The summed E-state index contributed by atoms with van der Waals surface area (Å²) in [5.74, 6) is 0. The summed E-state index contributed by atoms with van der Waals surface area (Å²) < 4.78 is 15.3. The Balaban J connectivity index is 1.20. The normalized spacial score (nSPS) is 11.6. The molecule has 0 amide bonds. The molecule has 0 bridgehead atoms. The van der Waals surface area contributed by atoms with Crippen molar-refractivity contribution in [1.82, 2.24) is 15.0 Å². The molecule has 2 heterocycles. The summed E-state index contributed by atoms with van der Waals surface area (Å²) in [6, 6.07) is 78.2. The molecule has 2 aromatic heterocycles. The molecule has 0 N–H and O–H groups in total. The highest BCUT2D eigenvalue weighted by molar-refractivity contribution is 7.85. The molecule has 0 aliphatic heterocycles. The number of hydrogen-bond donors (Lipinski definition) is 0. The number of para-hydroxylation sites is 1. The van der Waals surface area contributed by atoms with Gasteiger partial charge in [0.1, 0.15) is 0 Å². The molecule has 292 valence electrons. The van der Waals surface area contributed by atoms with Gasteiger partial charge in [-0.25, -0.2) is 15.0 Å². The number of rotatable bonds is 8. The maximum absolute atomic E-state index is 15.3. The zero-order valence-corrected chi connectivity index (χ0v) is 34.5. The quantitative estimate of drug-likeness (QED) is 0.113. The topological polar surface area (TPSA) is 55.7 Å². The fourth-order valence-electron chi connectivity index (χ4n) is 8.81. The van der Waals surface area contributed by atoms with Crippen LogP contribution in [0.5, 0.6) is 0 Å². The summed E-state index contributed by atoms with van der Waals surface area (Å²) in [6.45, 7) is 0. The first kappa shape index (κ1) is 37.2. The molecule has 0 aliphatic rings. The van der Waals surface area contributed by atoms with Crippen LogP contribution in [0, 0.1) is 0 Å². The van der Waals surface area contributed by atoms with Crippen molar-refractivity contribution < 1.29 is 4.57 Å². The minimum atomic E-state index is -3.16. The van der Waals surface area contributed by atoms with Crippen LogP contribution in [0.2, 0.25) is 0 Å². The van der Waals surface area contributed by atoms with Gasteiger partial charge in [0, 0.05) is 48.8 Å². The molecule has 62 heavy (non-hydrogen) atoms. The lowest BCUT2D eigenvalue weighted by Crippen LogP contribution is -2.24. The van der Waals surface area contributed by atoms with Gasteiger partial charge in [-0.2, -0.15) is 0 Å². The average molecular weight is 812 g/mol. The minimum absolute atomic E-state index is 0.779. The molecule has 0 aliphatic carbocycles. The first-order chi connectivity index (χ1) is 30.6. The Morgan fingerprint density at radius 1 is 0.306 bits per heavy atom. The maximum atomic E-state index is 15.3. The van der Waals surface area contributed by atoms with Gasteiger partial charge in [0.05, 0.1) is 33.6 Å². The maximum Gasteiger partial charge on any atom is 0.171 e. The fourth-order valence-corrected chi connectivity index (χ4v) is 11.5. The van der Waals surface area contributed by atoms with E-state index in [0.29, 0.717) is 0 Å². The molecule has 0 unspecified atom stereocenters. The van der Waals surface area contributed by atoms with Gasteiger partial charge < -0.3 is 4.57 Å². The Hall–Kier alpha value is -7.78. The Labute approximate surface area is 360 Å². The van der Waals surface area contributed by atoms with Gasteiger partial charge in [0.15, 0.2) is 7.14 Å². The number of nitrogens with zero attached hydrogens (tertiary/aromatic N) is 3. The largest absolute Gasteiger partial charge is 0.309 e. The highest BCUT2D eigenvalue weighted by atomic mass is 31.2. The second-order valence-corrected chi connectivity index (χ2v) is 18.2. The molecular formula is C57H38N3OP. The molecule has 5 heteroatoms. The van der Waals surface area contributed by atoms with Crippen LogP contribution in [0.4, 0.5) is 0 Å². The van der Waals surface area contributed by atoms with E-state index in [0.717, 1.165) is 105 Å². The number of pyridine rings is 1. The van der Waals surface area contributed by atoms with E-state index in [-0.39, 0.29) is 0 Å². The van der Waals surface area contributed by atoms with Gasteiger partial charge in [0.25, 0.3) is 0 Å². The van der Waals surface area contributed by atoms with E-state index < -0.39 is 7.14 Å². The van der Waals surface area contributed by atoms with Crippen molar-refractivity contribution >= 4 is 55.8 Å². The van der Waals surface area contributed by atoms with Crippen LogP contribution in [0.1, 0.15) is 0 Å². The van der Waals surface area contributed by atoms with Crippen molar-refractivity contribution in [2.75, 3.05) is 0 Å². The lowest BCUT2D eigenvalue weighted by atomic mass is 9.89. The van der Waals surface area contributed by atoms with E-state index in [1.165, 1.54) is 0 Å². The molecule has 4 nitrogen and oxygen atoms in total. The van der Waals surface area contributed by atoms with E-state index in [1.54, 1.807) is 0 Å². The standard InChI is InChI=1S/C57H38N3OP/c61-62(43-26-12-4-13-27-43,44-28-14-5-15-29-44)45-36-34-40(35-37-45)46-30-16-17-31-47(46)56-53-52(48-32-18-19-33-50(48)58-56)49(39-20-6-1-7-21-39)38-51-57(53)60-55(42-24-10-3-11-25-42)54(59-51)41-22-8-2-9-23-41/h1-38H. The first-order valence-corrected chi connectivity index (χ1v) is 22.5. The van der Waals surface area contributed by atoms with E-state index in [1.807, 2.05) is 109 Å². The van der Waals surface area contributed by atoms with Gasteiger partial charge in [-0.3, -0.25) is 0 Å². The smallest absolute Gasteiger partial charge is 0.171 e. The zero-order valence-electron chi connectivity index (χ0n) is 33.6. The van der Waals surface area contributed by atoms with Crippen LogP contribution in [0.25, 0.3) is 88.7 Å². The lowest BCUT2D eigenvalue weighted by Gasteiger charge is -2.21. The third-order valence-electron chi connectivity index (χ3n) is 11.7. The van der Waals surface area contributed by atoms with Crippen LogP contribution < -0.4 is 15.9 Å². The van der Waals surface area contributed by atoms with E-state index in [2.05, 4.69) is 121 Å². The minimum Gasteiger partial charge on any atom is -0.309 e.